The van der Waals surface area contributed by atoms with Crippen LogP contribution in [0.15, 0.2) is 36.4 Å². The fourth-order valence-electron chi connectivity index (χ4n) is 2.57. The number of ether oxygens (including phenoxy) is 3. The molecule has 2 rings (SSSR count). The number of aryl methyl sites for hydroxylation is 1. The van der Waals surface area contributed by atoms with Crippen LogP contribution in [0.5, 0.6) is 23.0 Å². The van der Waals surface area contributed by atoms with Gasteiger partial charge in [-0.3, -0.25) is 0 Å². The van der Waals surface area contributed by atoms with E-state index < -0.39 is 0 Å². The smallest absolute Gasteiger partial charge is 0.203 e. The van der Waals surface area contributed by atoms with Crippen LogP contribution in [0.25, 0.3) is 0 Å². The predicted octanol–water partition coefficient (Wildman–Crippen LogP) is 3.85. The molecular weight excluding hydrogens is 306 g/mol. The van der Waals surface area contributed by atoms with Crippen LogP contribution in [-0.4, -0.2) is 32.5 Å². The number of nitrogens with one attached hydrogen (secondary N) is 1. The van der Waals surface area contributed by atoms with Crippen LogP contribution < -0.4 is 19.5 Å². The first-order valence-corrected chi connectivity index (χ1v) is 7.91. The molecule has 2 aromatic rings. The van der Waals surface area contributed by atoms with Crippen LogP contribution >= 0.6 is 0 Å². The largest absolute Gasteiger partial charge is 0.508 e. The van der Waals surface area contributed by atoms with Gasteiger partial charge in [0.25, 0.3) is 0 Å². The maximum absolute atomic E-state index is 9.32. The standard InChI is InChI=1S/C19H25NO4/c1-13(5-6-14-7-9-16(21)10-8-14)20-15-11-17(22-2)19(24-4)18(12-15)23-3/h7-13,20-21H,5-6H2,1-4H3/t13-/m0/s1. The van der Waals surface area contributed by atoms with E-state index in [1.165, 1.54) is 5.56 Å². The van der Waals surface area contributed by atoms with E-state index in [9.17, 15) is 5.11 Å². The number of benzene rings is 2. The Hall–Kier alpha value is -2.56. The lowest BCUT2D eigenvalue weighted by Gasteiger charge is -2.18. The molecule has 0 bridgehead atoms. The molecular formula is C19H25NO4. The van der Waals surface area contributed by atoms with E-state index in [-0.39, 0.29) is 6.04 Å². The summed E-state index contributed by atoms with van der Waals surface area (Å²) in [5.41, 5.74) is 2.12. The first-order valence-electron chi connectivity index (χ1n) is 7.91. The third-order valence-electron chi connectivity index (χ3n) is 3.88. The van der Waals surface area contributed by atoms with Crippen molar-refractivity contribution in [2.45, 2.75) is 25.8 Å². The maximum atomic E-state index is 9.32. The quantitative estimate of drug-likeness (QED) is 0.769. The number of hydrogen-bond acceptors (Lipinski definition) is 5. The van der Waals surface area contributed by atoms with Gasteiger partial charge < -0.3 is 24.6 Å². The van der Waals surface area contributed by atoms with Gasteiger partial charge in [-0.1, -0.05) is 12.1 Å². The number of phenolic OH excluding ortho intramolecular Hbond substituents is 1. The van der Waals surface area contributed by atoms with Crippen LogP contribution in [-0.2, 0) is 6.42 Å². The molecule has 1 atom stereocenters. The van der Waals surface area contributed by atoms with Gasteiger partial charge in [-0.2, -0.15) is 0 Å². The normalized spacial score (nSPS) is 11.7. The molecule has 0 aliphatic rings. The average molecular weight is 331 g/mol. The molecule has 0 heterocycles. The van der Waals surface area contributed by atoms with Crippen LogP contribution in [0.3, 0.4) is 0 Å². The van der Waals surface area contributed by atoms with E-state index in [1.54, 1.807) is 33.5 Å². The van der Waals surface area contributed by atoms with Gasteiger partial charge in [-0.15, -0.1) is 0 Å². The van der Waals surface area contributed by atoms with Crippen LogP contribution in [0.2, 0.25) is 0 Å². The van der Waals surface area contributed by atoms with Crippen molar-refractivity contribution in [3.8, 4) is 23.0 Å². The highest BCUT2D eigenvalue weighted by molar-refractivity contribution is 5.62. The zero-order chi connectivity index (χ0) is 17.5. The van der Waals surface area contributed by atoms with Crippen molar-refractivity contribution in [1.82, 2.24) is 0 Å². The van der Waals surface area contributed by atoms with Crippen molar-refractivity contribution in [2.75, 3.05) is 26.6 Å². The van der Waals surface area contributed by atoms with Gasteiger partial charge in [0.1, 0.15) is 5.75 Å². The van der Waals surface area contributed by atoms with Crippen LogP contribution in [0.1, 0.15) is 18.9 Å². The highest BCUT2D eigenvalue weighted by Gasteiger charge is 2.14. The summed E-state index contributed by atoms with van der Waals surface area (Å²) in [7, 11) is 4.80. The highest BCUT2D eigenvalue weighted by atomic mass is 16.5. The van der Waals surface area contributed by atoms with E-state index in [2.05, 4.69) is 12.2 Å². The summed E-state index contributed by atoms with van der Waals surface area (Å²) in [6.45, 7) is 2.13. The van der Waals surface area contributed by atoms with Gasteiger partial charge in [-0.05, 0) is 37.5 Å². The van der Waals surface area contributed by atoms with Gasteiger partial charge >= 0.3 is 0 Å². The number of hydrogen-bond donors (Lipinski definition) is 2. The Morgan fingerprint density at radius 3 is 2.04 bits per heavy atom. The predicted molar refractivity (Wildman–Crippen MR) is 95.6 cm³/mol. The monoisotopic (exact) mass is 331 g/mol. The Bertz CT molecular complexity index is 630. The molecule has 5 nitrogen and oxygen atoms in total. The van der Waals surface area contributed by atoms with Crippen LogP contribution in [0, 0.1) is 0 Å². The summed E-state index contributed by atoms with van der Waals surface area (Å²) >= 11 is 0. The van der Waals surface area contributed by atoms with Crippen molar-refractivity contribution >= 4 is 5.69 Å². The van der Waals surface area contributed by atoms with Crippen molar-refractivity contribution in [2.24, 2.45) is 0 Å². The molecule has 130 valence electrons. The molecule has 0 aromatic heterocycles. The molecule has 2 N–H and O–H groups in total. The molecule has 0 spiro atoms. The first-order chi connectivity index (χ1) is 11.6. The van der Waals surface area contributed by atoms with Crippen molar-refractivity contribution in [3.05, 3.63) is 42.0 Å². The maximum Gasteiger partial charge on any atom is 0.203 e. The Balaban J connectivity index is 2.02. The minimum Gasteiger partial charge on any atom is -0.508 e. The third kappa shape index (κ3) is 4.47. The second-order valence-electron chi connectivity index (χ2n) is 5.66. The summed E-state index contributed by atoms with van der Waals surface area (Å²) < 4.78 is 16.1. The Morgan fingerprint density at radius 1 is 0.958 bits per heavy atom. The molecule has 0 aliphatic carbocycles. The molecule has 24 heavy (non-hydrogen) atoms. The molecule has 0 saturated carbocycles. The Morgan fingerprint density at radius 2 is 1.54 bits per heavy atom. The number of anilines is 1. The number of phenols is 1. The topological polar surface area (TPSA) is 60.0 Å². The highest BCUT2D eigenvalue weighted by Crippen LogP contribution is 2.40. The molecule has 0 aliphatic heterocycles. The fraction of sp³-hybridized carbons (Fsp3) is 0.368. The van der Waals surface area contributed by atoms with E-state index >= 15 is 0 Å². The second kappa shape index (κ2) is 8.34. The summed E-state index contributed by atoms with van der Waals surface area (Å²) in [5, 5.41) is 12.8. The molecule has 0 radical (unpaired) electrons. The summed E-state index contributed by atoms with van der Waals surface area (Å²) in [4.78, 5) is 0. The van der Waals surface area contributed by atoms with Crippen molar-refractivity contribution < 1.29 is 19.3 Å². The van der Waals surface area contributed by atoms with E-state index in [1.807, 2.05) is 24.3 Å². The van der Waals surface area contributed by atoms with Crippen molar-refractivity contribution in [1.29, 1.82) is 0 Å². The van der Waals surface area contributed by atoms with Gasteiger partial charge in [-0.25, -0.2) is 0 Å². The van der Waals surface area contributed by atoms with Crippen molar-refractivity contribution in [3.63, 3.8) is 0 Å². The second-order valence-corrected chi connectivity index (χ2v) is 5.66. The van der Waals surface area contributed by atoms with E-state index in [0.29, 0.717) is 23.0 Å². The SMILES string of the molecule is COc1cc(N[C@@H](C)CCc2ccc(O)cc2)cc(OC)c1OC. The lowest BCUT2D eigenvalue weighted by atomic mass is 10.1. The number of rotatable bonds is 8. The summed E-state index contributed by atoms with van der Waals surface area (Å²) in [6, 6.07) is 11.4. The lowest BCUT2D eigenvalue weighted by Crippen LogP contribution is -2.16. The third-order valence-corrected chi connectivity index (χ3v) is 3.88. The molecule has 0 fully saturated rings. The fourth-order valence-corrected chi connectivity index (χ4v) is 2.57. The number of aromatic hydroxyl groups is 1. The van der Waals surface area contributed by atoms with E-state index in [4.69, 9.17) is 14.2 Å². The van der Waals surface area contributed by atoms with E-state index in [0.717, 1.165) is 18.5 Å². The zero-order valence-corrected chi connectivity index (χ0v) is 14.6. The lowest BCUT2D eigenvalue weighted by molar-refractivity contribution is 0.324. The minimum atomic E-state index is 0.265. The average Bonchev–Trinajstić information content (AvgIpc) is 2.60. The first kappa shape index (κ1) is 17.8. The van der Waals surface area contributed by atoms with Gasteiger partial charge in [0, 0.05) is 23.9 Å². The molecule has 0 unspecified atom stereocenters. The number of methoxy groups -OCH3 is 3. The summed E-state index contributed by atoms with van der Waals surface area (Å²) in [6.07, 6.45) is 1.89. The van der Waals surface area contributed by atoms with Crippen LogP contribution in [0.4, 0.5) is 5.69 Å². The summed E-state index contributed by atoms with van der Waals surface area (Å²) in [5.74, 6) is 2.14. The molecule has 2 aromatic carbocycles. The molecule has 0 amide bonds. The zero-order valence-electron chi connectivity index (χ0n) is 14.6. The molecule has 0 saturated heterocycles. The van der Waals surface area contributed by atoms with Gasteiger partial charge in [0.05, 0.1) is 21.3 Å². The Labute approximate surface area is 143 Å². The van der Waals surface area contributed by atoms with Gasteiger partial charge in [0.2, 0.25) is 5.75 Å². The molecule has 5 heteroatoms. The van der Waals surface area contributed by atoms with Gasteiger partial charge in [0.15, 0.2) is 11.5 Å². The minimum absolute atomic E-state index is 0.265. The Kier molecular flexibility index (Phi) is 6.18.